The number of nitrogens with zero attached hydrogens (tertiary/aromatic N) is 2. The molecule has 8 bridgehead atoms. The van der Waals surface area contributed by atoms with Gasteiger partial charge in [-0.3, -0.25) is 9.97 Å². The predicted molar refractivity (Wildman–Crippen MR) is 145 cm³/mol. The van der Waals surface area contributed by atoms with E-state index in [-0.39, 0.29) is 0 Å². The number of pyridine rings is 2. The highest BCUT2D eigenvalue weighted by Crippen LogP contribution is 2.19. The average Bonchev–Trinajstić information content (AvgIpc) is 2.92. The summed E-state index contributed by atoms with van der Waals surface area (Å²) < 4.78 is 11.8. The Morgan fingerprint density at radius 1 is 0.444 bits per heavy atom. The van der Waals surface area contributed by atoms with Crippen molar-refractivity contribution in [3.8, 4) is 22.9 Å². The molecule has 3 aliphatic rings. The van der Waals surface area contributed by atoms with Crippen molar-refractivity contribution in [1.29, 1.82) is 0 Å². The highest BCUT2D eigenvalue weighted by atomic mass is 16.5. The summed E-state index contributed by atoms with van der Waals surface area (Å²) in [7, 11) is 0. The van der Waals surface area contributed by atoms with E-state index in [9.17, 15) is 0 Å². The third kappa shape index (κ3) is 6.94. The normalized spacial score (nSPS) is 15.1. The summed E-state index contributed by atoms with van der Waals surface area (Å²) >= 11 is 0. The van der Waals surface area contributed by atoms with Crippen LogP contribution in [0.5, 0.6) is 11.5 Å². The molecule has 184 valence electrons. The van der Waals surface area contributed by atoms with Gasteiger partial charge in [0, 0.05) is 11.4 Å². The van der Waals surface area contributed by atoms with Gasteiger partial charge in [-0.25, -0.2) is 0 Å². The molecule has 0 N–H and O–H groups in total. The third-order valence-corrected chi connectivity index (χ3v) is 6.60. The zero-order chi connectivity index (χ0) is 24.4. The fraction of sp³-hybridized carbons (Fsp3) is 0.312. The van der Waals surface area contributed by atoms with E-state index in [1.807, 2.05) is 0 Å². The Balaban J connectivity index is 1.30. The molecule has 7 rings (SSSR count). The Morgan fingerprint density at radius 2 is 0.889 bits per heavy atom. The maximum absolute atomic E-state index is 5.92. The number of benzene rings is 2. The molecule has 0 saturated heterocycles. The minimum Gasteiger partial charge on any atom is -0.494 e. The molecule has 0 radical (unpaired) electrons. The van der Waals surface area contributed by atoms with Crippen LogP contribution in [0.3, 0.4) is 0 Å². The molecule has 0 fully saturated rings. The van der Waals surface area contributed by atoms with Crippen molar-refractivity contribution in [2.45, 2.75) is 51.4 Å². The van der Waals surface area contributed by atoms with Crippen LogP contribution in [0.1, 0.15) is 48.2 Å². The maximum Gasteiger partial charge on any atom is 0.119 e. The molecule has 4 heteroatoms. The minimum atomic E-state index is 0.709. The molecule has 4 nitrogen and oxygen atoms in total. The molecule has 2 aromatic carbocycles. The number of hydrogen-bond acceptors (Lipinski definition) is 4. The van der Waals surface area contributed by atoms with E-state index in [0.29, 0.717) is 13.2 Å². The fourth-order valence-corrected chi connectivity index (χ4v) is 4.56. The van der Waals surface area contributed by atoms with E-state index < -0.39 is 0 Å². The standard InChI is InChI=1S/C32H34N2O2/c1-2-24-36-30-21-17-26(18-22-30)8-4-10-28-12-6-14-32(34-28)31-13-5-11-27(33-31)9-3-7-25-15-19-29(20-16-25)35-23-1/h5-6,11-22H,1-4,7-10,23-24H2. The summed E-state index contributed by atoms with van der Waals surface area (Å²) in [5, 5.41) is 0. The molecule has 4 aromatic rings. The van der Waals surface area contributed by atoms with Crippen LogP contribution in [-0.2, 0) is 25.7 Å². The molecule has 0 amide bonds. The van der Waals surface area contributed by atoms with E-state index in [2.05, 4.69) is 84.9 Å². The third-order valence-electron chi connectivity index (χ3n) is 6.60. The van der Waals surface area contributed by atoms with Gasteiger partial charge < -0.3 is 9.47 Å². The molecule has 0 atom stereocenters. The summed E-state index contributed by atoms with van der Waals surface area (Å²) in [6.07, 6.45) is 8.02. The second kappa shape index (κ2) is 12.3. The highest BCUT2D eigenvalue weighted by Gasteiger charge is 2.06. The Morgan fingerprint density at radius 3 is 1.33 bits per heavy atom. The first kappa shape index (κ1) is 24.1. The first-order valence-electron chi connectivity index (χ1n) is 13.2. The summed E-state index contributed by atoms with van der Waals surface area (Å²) in [6.45, 7) is 1.42. The van der Waals surface area contributed by atoms with Crippen LogP contribution in [0.2, 0.25) is 0 Å². The molecule has 5 heterocycles. The molecule has 0 unspecified atom stereocenters. The number of hydrogen-bond donors (Lipinski definition) is 0. The summed E-state index contributed by atoms with van der Waals surface area (Å²) in [6, 6.07) is 29.6. The SMILES string of the molecule is c1cc2nc(c1)-c1cccc(n1)CCCc1ccc(cc1)OCCCCOc1ccc(cc1)CCC2. The zero-order valence-corrected chi connectivity index (χ0v) is 20.9. The van der Waals surface area contributed by atoms with Crippen molar-refractivity contribution in [2.75, 3.05) is 13.2 Å². The smallest absolute Gasteiger partial charge is 0.119 e. The summed E-state index contributed by atoms with van der Waals surface area (Å²) in [5.74, 6) is 1.86. The van der Waals surface area contributed by atoms with Gasteiger partial charge in [-0.2, -0.15) is 0 Å². The number of aryl methyl sites for hydroxylation is 4. The molecular weight excluding hydrogens is 444 g/mol. The lowest BCUT2D eigenvalue weighted by atomic mass is 10.1. The van der Waals surface area contributed by atoms with E-state index in [0.717, 1.165) is 85.6 Å². The summed E-state index contributed by atoms with van der Waals surface area (Å²) in [4.78, 5) is 9.84. The molecule has 0 aliphatic carbocycles. The molecule has 0 saturated carbocycles. The van der Waals surface area contributed by atoms with Gasteiger partial charge in [0.25, 0.3) is 0 Å². The Bertz CT molecular complexity index is 1140. The summed E-state index contributed by atoms with van der Waals surface area (Å²) in [5.41, 5.74) is 6.80. The van der Waals surface area contributed by atoms with E-state index in [1.165, 1.54) is 11.1 Å². The Labute approximate surface area is 214 Å². The van der Waals surface area contributed by atoms with Gasteiger partial charge in [0.05, 0.1) is 24.6 Å². The Kier molecular flexibility index (Phi) is 8.25. The van der Waals surface area contributed by atoms with E-state index >= 15 is 0 Å². The van der Waals surface area contributed by atoms with Crippen molar-refractivity contribution in [3.63, 3.8) is 0 Å². The van der Waals surface area contributed by atoms with Gasteiger partial charge in [0.2, 0.25) is 0 Å². The first-order valence-corrected chi connectivity index (χ1v) is 13.2. The van der Waals surface area contributed by atoms with Gasteiger partial charge in [-0.15, -0.1) is 0 Å². The maximum atomic E-state index is 5.92. The van der Waals surface area contributed by atoms with Crippen LogP contribution in [0.15, 0.2) is 84.9 Å². The van der Waals surface area contributed by atoms with Gasteiger partial charge in [-0.1, -0.05) is 36.4 Å². The second-order valence-electron chi connectivity index (χ2n) is 9.43. The van der Waals surface area contributed by atoms with Gasteiger partial charge in [0.15, 0.2) is 0 Å². The molecular formula is C32H34N2O2. The van der Waals surface area contributed by atoms with Crippen molar-refractivity contribution >= 4 is 0 Å². The number of ether oxygens (including phenoxy) is 2. The zero-order valence-electron chi connectivity index (χ0n) is 20.9. The number of rotatable bonds is 0. The second-order valence-corrected chi connectivity index (χ2v) is 9.43. The molecule has 0 spiro atoms. The first-order chi connectivity index (χ1) is 17.8. The lowest BCUT2D eigenvalue weighted by Crippen LogP contribution is -2.03. The van der Waals surface area contributed by atoms with Crippen LogP contribution >= 0.6 is 0 Å². The van der Waals surface area contributed by atoms with Gasteiger partial charge >= 0.3 is 0 Å². The van der Waals surface area contributed by atoms with E-state index in [1.54, 1.807) is 0 Å². The Hall–Kier alpha value is -3.66. The largest absolute Gasteiger partial charge is 0.494 e. The molecule has 3 aliphatic heterocycles. The number of fused-ring (bicyclic) bond motifs is 2. The van der Waals surface area contributed by atoms with Crippen LogP contribution in [0.25, 0.3) is 11.4 Å². The van der Waals surface area contributed by atoms with Crippen molar-refractivity contribution in [3.05, 3.63) is 107 Å². The van der Waals surface area contributed by atoms with Crippen molar-refractivity contribution < 1.29 is 9.47 Å². The van der Waals surface area contributed by atoms with Crippen LogP contribution in [0, 0.1) is 0 Å². The van der Waals surface area contributed by atoms with Crippen molar-refractivity contribution in [2.24, 2.45) is 0 Å². The number of aromatic nitrogens is 2. The van der Waals surface area contributed by atoms with Crippen LogP contribution in [-0.4, -0.2) is 23.2 Å². The van der Waals surface area contributed by atoms with Gasteiger partial charge in [-0.05, 0) is 111 Å². The monoisotopic (exact) mass is 478 g/mol. The van der Waals surface area contributed by atoms with Crippen molar-refractivity contribution in [1.82, 2.24) is 9.97 Å². The lowest BCUT2D eigenvalue weighted by molar-refractivity contribution is 0.266. The lowest BCUT2D eigenvalue weighted by Gasteiger charge is -2.10. The minimum absolute atomic E-state index is 0.709. The quantitative estimate of drug-likeness (QED) is 0.272. The molecule has 36 heavy (non-hydrogen) atoms. The van der Waals surface area contributed by atoms with Gasteiger partial charge in [0.1, 0.15) is 11.5 Å². The van der Waals surface area contributed by atoms with Crippen LogP contribution in [0.4, 0.5) is 0 Å². The topological polar surface area (TPSA) is 44.2 Å². The van der Waals surface area contributed by atoms with E-state index in [4.69, 9.17) is 19.4 Å². The predicted octanol–water partition coefficient (Wildman–Crippen LogP) is 7.05. The average molecular weight is 479 g/mol. The highest BCUT2D eigenvalue weighted by molar-refractivity contribution is 5.54. The molecule has 2 aromatic heterocycles. The van der Waals surface area contributed by atoms with Crippen LogP contribution < -0.4 is 9.47 Å². The fourth-order valence-electron chi connectivity index (χ4n) is 4.56.